The van der Waals surface area contributed by atoms with Crippen molar-refractivity contribution < 1.29 is 9.47 Å². The fraction of sp³-hybridized carbons (Fsp3) is 0.200. The molecule has 6 heteroatoms. The van der Waals surface area contributed by atoms with Gasteiger partial charge in [-0.25, -0.2) is 0 Å². The van der Waals surface area contributed by atoms with E-state index < -0.39 is 0 Å². The molecule has 3 N–H and O–H groups in total. The van der Waals surface area contributed by atoms with Crippen molar-refractivity contribution in [3.8, 4) is 11.5 Å². The molecule has 0 aliphatic rings. The molecule has 0 bridgehead atoms. The van der Waals surface area contributed by atoms with E-state index in [1.165, 1.54) is 0 Å². The topological polar surface area (TPSA) is 56.5 Å². The smallest absolute Gasteiger partial charge is 0.146 e. The predicted molar refractivity (Wildman–Crippen MR) is 91.1 cm³/mol. The predicted octanol–water partition coefficient (Wildman–Crippen LogP) is 4.75. The average Bonchev–Trinajstić information content (AvgIpc) is 2.45. The number of hydrogen-bond donors (Lipinski definition) is 2. The molecule has 21 heavy (non-hydrogen) atoms. The monoisotopic (exact) mass is 370 g/mol. The molecule has 2 rings (SSSR count). The van der Waals surface area contributed by atoms with Crippen LogP contribution >= 0.6 is 27.5 Å². The van der Waals surface area contributed by atoms with Gasteiger partial charge in [-0.1, -0.05) is 11.6 Å². The van der Waals surface area contributed by atoms with Gasteiger partial charge in [0.05, 0.1) is 30.6 Å². The number of rotatable bonds is 4. The minimum Gasteiger partial charge on any atom is -0.495 e. The van der Waals surface area contributed by atoms with Crippen LogP contribution in [0.5, 0.6) is 11.5 Å². The van der Waals surface area contributed by atoms with E-state index in [0.29, 0.717) is 16.5 Å². The summed E-state index contributed by atoms with van der Waals surface area (Å²) in [5, 5.41) is 3.79. The van der Waals surface area contributed by atoms with Crippen molar-refractivity contribution in [1.82, 2.24) is 0 Å². The fourth-order valence-electron chi connectivity index (χ4n) is 1.90. The van der Waals surface area contributed by atoms with Crippen LogP contribution in [0, 0.1) is 6.92 Å². The molecule has 0 atom stereocenters. The molecular formula is C15H16BrClN2O2. The maximum atomic E-state index is 6.17. The van der Waals surface area contributed by atoms with Gasteiger partial charge in [0.2, 0.25) is 0 Å². The number of benzene rings is 2. The van der Waals surface area contributed by atoms with Crippen LogP contribution in [-0.2, 0) is 0 Å². The highest BCUT2D eigenvalue weighted by Gasteiger charge is 2.12. The molecule has 0 amide bonds. The van der Waals surface area contributed by atoms with Crippen molar-refractivity contribution in [2.45, 2.75) is 6.92 Å². The Morgan fingerprint density at radius 2 is 1.71 bits per heavy atom. The Hall–Kier alpha value is -1.59. The summed E-state index contributed by atoms with van der Waals surface area (Å²) in [5.74, 6) is 1.20. The van der Waals surface area contributed by atoms with E-state index in [2.05, 4.69) is 21.2 Å². The second-order valence-corrected chi connectivity index (χ2v) is 5.76. The van der Waals surface area contributed by atoms with Crippen molar-refractivity contribution in [3.05, 3.63) is 39.3 Å². The third-order valence-electron chi connectivity index (χ3n) is 3.10. The highest BCUT2D eigenvalue weighted by atomic mass is 79.9. The van der Waals surface area contributed by atoms with E-state index >= 15 is 0 Å². The number of anilines is 3. The molecule has 0 spiro atoms. The van der Waals surface area contributed by atoms with Crippen LogP contribution in [-0.4, -0.2) is 14.2 Å². The van der Waals surface area contributed by atoms with Crippen LogP contribution in [0.1, 0.15) is 5.56 Å². The van der Waals surface area contributed by atoms with Crippen LogP contribution in [0.4, 0.5) is 17.1 Å². The van der Waals surface area contributed by atoms with Crippen LogP contribution in [0.25, 0.3) is 0 Å². The molecule has 0 fully saturated rings. The van der Waals surface area contributed by atoms with Gasteiger partial charge < -0.3 is 20.5 Å². The molecule has 112 valence electrons. The molecule has 4 nitrogen and oxygen atoms in total. The first-order valence-electron chi connectivity index (χ1n) is 6.20. The van der Waals surface area contributed by atoms with Gasteiger partial charge in [0.1, 0.15) is 11.5 Å². The molecule has 0 unspecified atom stereocenters. The Morgan fingerprint density at radius 3 is 2.33 bits per heavy atom. The van der Waals surface area contributed by atoms with E-state index in [9.17, 15) is 0 Å². The number of aryl methyl sites for hydroxylation is 1. The van der Waals surface area contributed by atoms with Crippen molar-refractivity contribution in [3.63, 3.8) is 0 Å². The summed E-state index contributed by atoms with van der Waals surface area (Å²) in [6.07, 6.45) is 0. The van der Waals surface area contributed by atoms with Crippen molar-refractivity contribution in [2.24, 2.45) is 0 Å². The quantitative estimate of drug-likeness (QED) is 0.761. The van der Waals surface area contributed by atoms with Crippen LogP contribution < -0.4 is 20.5 Å². The molecule has 0 saturated heterocycles. The first kappa shape index (κ1) is 15.8. The molecule has 2 aromatic rings. The zero-order valence-electron chi connectivity index (χ0n) is 12.0. The summed E-state index contributed by atoms with van der Waals surface area (Å²) in [7, 11) is 3.16. The summed E-state index contributed by atoms with van der Waals surface area (Å²) in [5.41, 5.74) is 9.21. The van der Waals surface area contributed by atoms with Crippen molar-refractivity contribution >= 4 is 44.6 Å². The van der Waals surface area contributed by atoms with E-state index in [1.54, 1.807) is 26.4 Å². The number of hydrogen-bond acceptors (Lipinski definition) is 4. The fourth-order valence-corrected chi connectivity index (χ4v) is 2.60. The van der Waals surface area contributed by atoms with E-state index in [-0.39, 0.29) is 0 Å². The van der Waals surface area contributed by atoms with Gasteiger partial charge >= 0.3 is 0 Å². The number of nitrogen functional groups attached to an aromatic ring is 1. The number of halogens is 2. The second kappa shape index (κ2) is 6.45. The van der Waals surface area contributed by atoms with Gasteiger partial charge in [0, 0.05) is 16.2 Å². The third-order valence-corrected chi connectivity index (χ3v) is 4.05. The highest BCUT2D eigenvalue weighted by Crippen LogP contribution is 2.39. The Labute approximate surface area is 137 Å². The van der Waals surface area contributed by atoms with E-state index in [4.69, 9.17) is 26.8 Å². The summed E-state index contributed by atoms with van der Waals surface area (Å²) in [4.78, 5) is 0. The maximum Gasteiger partial charge on any atom is 0.146 e. The Balaban J connectivity index is 2.44. The molecule has 2 aromatic carbocycles. The summed E-state index contributed by atoms with van der Waals surface area (Å²) < 4.78 is 11.4. The molecule has 0 radical (unpaired) electrons. The zero-order chi connectivity index (χ0) is 15.6. The lowest BCUT2D eigenvalue weighted by molar-refractivity contribution is 0.396. The lowest BCUT2D eigenvalue weighted by Crippen LogP contribution is -1.99. The van der Waals surface area contributed by atoms with Gasteiger partial charge in [0.25, 0.3) is 0 Å². The average molecular weight is 372 g/mol. The minimum atomic E-state index is 0.504. The largest absolute Gasteiger partial charge is 0.495 e. The number of nitrogens with one attached hydrogen (secondary N) is 1. The summed E-state index contributed by atoms with van der Waals surface area (Å²) in [6, 6.07) is 7.31. The van der Waals surface area contributed by atoms with Crippen LogP contribution in [0.3, 0.4) is 0 Å². The van der Waals surface area contributed by atoms with E-state index in [0.717, 1.165) is 27.1 Å². The second-order valence-electron chi connectivity index (χ2n) is 4.50. The Kier molecular flexibility index (Phi) is 4.85. The Morgan fingerprint density at radius 1 is 1.05 bits per heavy atom. The molecule has 0 aromatic heterocycles. The molecule has 0 heterocycles. The molecule has 0 saturated carbocycles. The van der Waals surface area contributed by atoms with Crippen molar-refractivity contribution in [2.75, 3.05) is 25.3 Å². The summed E-state index contributed by atoms with van der Waals surface area (Å²) in [6.45, 7) is 1.95. The van der Waals surface area contributed by atoms with Crippen LogP contribution in [0.15, 0.2) is 28.7 Å². The molecule has 0 aliphatic carbocycles. The minimum absolute atomic E-state index is 0.504. The first-order valence-corrected chi connectivity index (χ1v) is 7.37. The zero-order valence-corrected chi connectivity index (χ0v) is 14.3. The third kappa shape index (κ3) is 3.36. The lowest BCUT2D eigenvalue weighted by atomic mass is 10.1. The van der Waals surface area contributed by atoms with Gasteiger partial charge in [-0.2, -0.15) is 0 Å². The van der Waals surface area contributed by atoms with E-state index in [1.807, 2.05) is 19.1 Å². The maximum absolute atomic E-state index is 6.17. The molecular weight excluding hydrogens is 356 g/mol. The van der Waals surface area contributed by atoms with Crippen molar-refractivity contribution in [1.29, 1.82) is 0 Å². The summed E-state index contributed by atoms with van der Waals surface area (Å²) >= 11 is 9.66. The number of methoxy groups -OCH3 is 2. The van der Waals surface area contributed by atoms with Gasteiger partial charge in [-0.3, -0.25) is 0 Å². The first-order chi connectivity index (χ1) is 9.96. The molecule has 0 aliphatic heterocycles. The Bertz CT molecular complexity index is 677. The van der Waals surface area contributed by atoms with Crippen LogP contribution in [0.2, 0.25) is 5.02 Å². The SMILES string of the molecule is COc1cc(OC)c(Nc2cc(C)c(N)cc2Br)cc1Cl. The van der Waals surface area contributed by atoms with Gasteiger partial charge in [0.15, 0.2) is 0 Å². The van der Waals surface area contributed by atoms with Gasteiger partial charge in [-0.05, 0) is 46.6 Å². The lowest BCUT2D eigenvalue weighted by Gasteiger charge is -2.16. The highest BCUT2D eigenvalue weighted by molar-refractivity contribution is 9.10. The normalized spacial score (nSPS) is 10.3. The van der Waals surface area contributed by atoms with Gasteiger partial charge in [-0.15, -0.1) is 0 Å². The standard InChI is InChI=1S/C15H16BrClN2O2/c1-8-4-12(9(16)5-11(8)18)19-13-6-10(17)14(20-2)7-15(13)21-3/h4-7,19H,18H2,1-3H3. The number of nitrogens with two attached hydrogens (primary N) is 1. The number of ether oxygens (including phenoxy) is 2.